The fourth-order valence-electron chi connectivity index (χ4n) is 2.09. The number of aryl methyl sites for hydroxylation is 1. The summed E-state index contributed by atoms with van der Waals surface area (Å²) in [4.78, 5) is 15.9. The van der Waals surface area contributed by atoms with E-state index >= 15 is 0 Å². The first-order valence-corrected chi connectivity index (χ1v) is 8.04. The minimum Gasteiger partial charge on any atom is -0.277 e. The maximum atomic E-state index is 13.8. The molecule has 1 aromatic heterocycles. The summed E-state index contributed by atoms with van der Waals surface area (Å²) in [5.74, 6) is -0.926. The first-order valence-electron chi connectivity index (χ1n) is 7.22. The summed E-state index contributed by atoms with van der Waals surface area (Å²) in [7, 11) is 0. The van der Waals surface area contributed by atoms with Crippen LogP contribution in [0.2, 0.25) is 0 Å². The van der Waals surface area contributed by atoms with Crippen LogP contribution in [-0.4, -0.2) is 15.7 Å². The van der Waals surface area contributed by atoms with Crippen LogP contribution in [0.5, 0.6) is 0 Å². The van der Waals surface area contributed by atoms with Gasteiger partial charge in [0.2, 0.25) is 0 Å². The van der Waals surface area contributed by atoms with Crippen molar-refractivity contribution in [2.45, 2.75) is 11.8 Å². The molecule has 0 spiro atoms. The van der Waals surface area contributed by atoms with Gasteiger partial charge in [0, 0.05) is 16.7 Å². The van der Waals surface area contributed by atoms with Gasteiger partial charge in [0.05, 0.1) is 11.4 Å². The van der Waals surface area contributed by atoms with Gasteiger partial charge >= 0.3 is 0 Å². The van der Waals surface area contributed by atoms with Crippen molar-refractivity contribution in [2.75, 3.05) is 0 Å². The van der Waals surface area contributed by atoms with Gasteiger partial charge in [-0.2, -0.15) is 9.93 Å². The molecule has 3 rings (SSSR count). The fourth-order valence-corrected chi connectivity index (χ4v) is 2.64. The highest BCUT2D eigenvalue weighted by Crippen LogP contribution is 2.15. The Labute approximate surface area is 143 Å². The molecule has 0 fully saturated rings. The number of hydrazine groups is 1. The Bertz CT molecular complexity index is 851. The Hall–Kier alpha value is -2.64. The third kappa shape index (κ3) is 4.01. The Morgan fingerprint density at radius 1 is 1.17 bits per heavy atom. The van der Waals surface area contributed by atoms with Gasteiger partial charge < -0.3 is 0 Å². The van der Waals surface area contributed by atoms with Crippen LogP contribution in [0.1, 0.15) is 16.1 Å². The van der Waals surface area contributed by atoms with E-state index < -0.39 is 11.7 Å². The maximum absolute atomic E-state index is 13.8. The average Bonchev–Trinajstić information content (AvgIpc) is 3.02. The molecule has 0 aliphatic carbocycles. The molecule has 24 heavy (non-hydrogen) atoms. The Morgan fingerprint density at radius 3 is 2.67 bits per heavy atom. The van der Waals surface area contributed by atoms with E-state index in [0.29, 0.717) is 5.69 Å². The van der Waals surface area contributed by atoms with Crippen molar-refractivity contribution in [3.8, 4) is 5.69 Å². The number of hydrogen-bond acceptors (Lipinski definition) is 4. The van der Waals surface area contributed by atoms with Gasteiger partial charge in [-0.25, -0.2) is 9.07 Å². The normalized spacial score (nSPS) is 10.6. The second kappa shape index (κ2) is 7.29. The van der Waals surface area contributed by atoms with Gasteiger partial charge in [-0.3, -0.25) is 10.2 Å². The van der Waals surface area contributed by atoms with E-state index in [1.165, 1.54) is 28.8 Å². The molecule has 0 aliphatic rings. The molecule has 1 heterocycles. The third-order valence-electron chi connectivity index (χ3n) is 3.21. The molecule has 0 bridgehead atoms. The Kier molecular flexibility index (Phi) is 4.93. The highest BCUT2D eigenvalue weighted by Gasteiger charge is 2.10. The number of nitrogens with zero attached hydrogens (tertiary/aromatic N) is 2. The zero-order valence-electron chi connectivity index (χ0n) is 12.9. The number of carbonyl (C=O) groups excluding carboxylic acids is 1. The van der Waals surface area contributed by atoms with Crippen molar-refractivity contribution >= 4 is 17.9 Å². The quantitative estimate of drug-likeness (QED) is 0.552. The van der Waals surface area contributed by atoms with E-state index in [2.05, 4.69) is 15.4 Å². The zero-order chi connectivity index (χ0) is 16.9. The topological polar surface area (TPSA) is 59.0 Å². The van der Waals surface area contributed by atoms with E-state index in [1.54, 1.807) is 12.3 Å². The summed E-state index contributed by atoms with van der Waals surface area (Å²) in [6, 6.07) is 15.4. The number of amides is 1. The highest BCUT2D eigenvalue weighted by molar-refractivity contribution is 7.97. The number of hydrogen-bond donors (Lipinski definition) is 2. The van der Waals surface area contributed by atoms with Gasteiger partial charge in [-0.05, 0) is 55.3 Å². The molecule has 0 unspecified atom stereocenters. The minimum absolute atomic E-state index is 0.208. The molecule has 0 atom stereocenters. The van der Waals surface area contributed by atoms with Crippen molar-refractivity contribution in [2.24, 2.45) is 0 Å². The number of nitrogens with one attached hydrogen (secondary N) is 2. The van der Waals surface area contributed by atoms with Gasteiger partial charge in [0.15, 0.2) is 0 Å². The van der Waals surface area contributed by atoms with Crippen molar-refractivity contribution < 1.29 is 9.18 Å². The van der Waals surface area contributed by atoms with Crippen molar-refractivity contribution in [1.82, 2.24) is 20.0 Å². The predicted molar refractivity (Wildman–Crippen MR) is 91.2 cm³/mol. The molecule has 0 saturated heterocycles. The first kappa shape index (κ1) is 16.2. The lowest BCUT2D eigenvalue weighted by Crippen LogP contribution is -2.32. The summed E-state index contributed by atoms with van der Waals surface area (Å²) in [5, 5.41) is 4.22. The van der Waals surface area contributed by atoms with Gasteiger partial charge in [0.1, 0.15) is 5.82 Å². The van der Waals surface area contributed by atoms with Crippen LogP contribution >= 0.6 is 11.9 Å². The predicted octanol–water partition coefficient (Wildman–Crippen LogP) is 3.26. The molecule has 0 aliphatic heterocycles. The summed E-state index contributed by atoms with van der Waals surface area (Å²) in [6.45, 7) is 1.84. The van der Waals surface area contributed by atoms with Crippen LogP contribution in [0, 0.1) is 12.7 Å². The zero-order valence-corrected chi connectivity index (χ0v) is 13.7. The SMILES string of the molecule is Cc1ccn(-c2cc(F)cc(C(=O)NNSc3ccccc3)c2)n1. The number of carbonyl (C=O) groups is 1. The molecule has 3 aromatic rings. The number of benzene rings is 2. The van der Waals surface area contributed by atoms with E-state index in [1.807, 2.05) is 43.3 Å². The molecule has 7 heteroatoms. The number of rotatable bonds is 5. The van der Waals surface area contributed by atoms with Crippen LogP contribution in [0.15, 0.2) is 65.7 Å². The summed E-state index contributed by atoms with van der Waals surface area (Å²) >= 11 is 1.26. The standard InChI is InChI=1S/C17H15FN4OS/c1-12-7-8-22(20-12)15-10-13(9-14(18)11-15)17(23)19-21-24-16-5-3-2-4-6-16/h2-11,21H,1H3,(H,19,23). The largest absolute Gasteiger partial charge is 0.277 e. The Morgan fingerprint density at radius 2 is 1.96 bits per heavy atom. The molecule has 5 nitrogen and oxygen atoms in total. The summed E-state index contributed by atoms with van der Waals surface area (Å²) in [6.07, 6.45) is 1.72. The average molecular weight is 342 g/mol. The first-order chi connectivity index (χ1) is 11.6. The van der Waals surface area contributed by atoms with Gasteiger partial charge in [-0.15, -0.1) is 0 Å². The Balaban J connectivity index is 1.69. The van der Waals surface area contributed by atoms with Crippen LogP contribution in [0.3, 0.4) is 0 Å². The van der Waals surface area contributed by atoms with Crippen molar-refractivity contribution in [3.05, 3.63) is 77.9 Å². The van der Waals surface area contributed by atoms with E-state index in [4.69, 9.17) is 0 Å². The van der Waals surface area contributed by atoms with E-state index in [9.17, 15) is 9.18 Å². The molecule has 0 saturated carbocycles. The lowest BCUT2D eigenvalue weighted by molar-refractivity contribution is 0.0946. The van der Waals surface area contributed by atoms with E-state index in [-0.39, 0.29) is 5.56 Å². The monoisotopic (exact) mass is 342 g/mol. The molecule has 1 amide bonds. The number of halogens is 1. The maximum Gasteiger partial charge on any atom is 0.266 e. The minimum atomic E-state index is -0.499. The highest BCUT2D eigenvalue weighted by atomic mass is 32.2. The fraction of sp³-hybridized carbons (Fsp3) is 0.0588. The summed E-state index contributed by atoms with van der Waals surface area (Å²) < 4.78 is 15.3. The van der Waals surface area contributed by atoms with Crippen molar-refractivity contribution in [3.63, 3.8) is 0 Å². The molecule has 122 valence electrons. The second-order valence-electron chi connectivity index (χ2n) is 5.07. The van der Waals surface area contributed by atoms with E-state index in [0.717, 1.165) is 10.6 Å². The van der Waals surface area contributed by atoms with Crippen LogP contribution in [0.4, 0.5) is 4.39 Å². The van der Waals surface area contributed by atoms with Crippen LogP contribution in [-0.2, 0) is 0 Å². The molecular weight excluding hydrogens is 327 g/mol. The lowest BCUT2D eigenvalue weighted by atomic mass is 10.2. The van der Waals surface area contributed by atoms with Crippen LogP contribution < -0.4 is 10.3 Å². The molecule has 0 radical (unpaired) electrons. The summed E-state index contributed by atoms with van der Waals surface area (Å²) in [5.41, 5.74) is 4.05. The second-order valence-corrected chi connectivity index (χ2v) is 5.95. The molecule has 2 aromatic carbocycles. The third-order valence-corrected chi connectivity index (χ3v) is 3.92. The lowest BCUT2D eigenvalue weighted by Gasteiger charge is -2.08. The van der Waals surface area contributed by atoms with Gasteiger partial charge in [0.25, 0.3) is 5.91 Å². The molecular formula is C17H15FN4OS. The van der Waals surface area contributed by atoms with Crippen LogP contribution in [0.25, 0.3) is 5.69 Å². The molecule has 2 N–H and O–H groups in total. The van der Waals surface area contributed by atoms with Gasteiger partial charge in [-0.1, -0.05) is 18.2 Å². The smallest absolute Gasteiger partial charge is 0.266 e. The van der Waals surface area contributed by atoms with Crippen molar-refractivity contribution in [1.29, 1.82) is 0 Å². The number of aromatic nitrogens is 2.